The van der Waals surface area contributed by atoms with E-state index in [-0.39, 0.29) is 13.2 Å². The summed E-state index contributed by atoms with van der Waals surface area (Å²) in [6, 6.07) is 18.0. The van der Waals surface area contributed by atoms with Gasteiger partial charge in [-0.25, -0.2) is 9.59 Å². The second-order valence-corrected chi connectivity index (χ2v) is 8.76. The van der Waals surface area contributed by atoms with Crippen LogP contribution in [0.3, 0.4) is 0 Å². The third-order valence-corrected chi connectivity index (χ3v) is 5.41. The van der Waals surface area contributed by atoms with Gasteiger partial charge in [0.05, 0.1) is 0 Å². The molecule has 0 aromatic heterocycles. The van der Waals surface area contributed by atoms with E-state index < -0.39 is 11.9 Å². The van der Waals surface area contributed by atoms with Crippen molar-refractivity contribution in [2.75, 3.05) is 26.4 Å². The molecule has 0 saturated carbocycles. The zero-order chi connectivity index (χ0) is 30.2. The van der Waals surface area contributed by atoms with Gasteiger partial charge < -0.3 is 29.2 Å². The Morgan fingerprint density at radius 2 is 1.05 bits per heavy atom. The molecule has 3 aromatic carbocycles. The highest BCUT2D eigenvalue weighted by Gasteiger charge is 2.05. The number of hydrogen-bond donors (Lipinski definition) is 2. The topological polar surface area (TPSA) is 112 Å². The molecule has 0 aliphatic heterocycles. The van der Waals surface area contributed by atoms with Crippen molar-refractivity contribution in [1.82, 2.24) is 0 Å². The summed E-state index contributed by atoms with van der Waals surface area (Å²) in [6.07, 6.45) is 7.06. The van der Waals surface area contributed by atoms with Crippen molar-refractivity contribution >= 4 is 11.9 Å². The average Bonchev–Trinajstić information content (AvgIpc) is 2.96. The van der Waals surface area contributed by atoms with Crippen molar-refractivity contribution in [3.8, 4) is 46.7 Å². The van der Waals surface area contributed by atoms with Crippen molar-refractivity contribution in [3.05, 3.63) is 107 Å². The highest BCUT2D eigenvalue weighted by molar-refractivity contribution is 5.69. The molecule has 3 aromatic rings. The minimum absolute atomic E-state index is 0.339. The molecule has 0 aliphatic carbocycles. The molecular weight excluding hydrogens is 536 g/mol. The van der Waals surface area contributed by atoms with E-state index in [2.05, 4.69) is 23.7 Å². The van der Waals surface area contributed by atoms with Crippen LogP contribution in [0, 0.1) is 37.5 Å². The number of carboxylic acid groups (broad SMARTS) is 2. The lowest BCUT2D eigenvalue weighted by Crippen LogP contribution is -2.10. The fourth-order valence-electron chi connectivity index (χ4n) is 3.42. The second-order valence-electron chi connectivity index (χ2n) is 8.76. The van der Waals surface area contributed by atoms with Crippen LogP contribution in [0.2, 0.25) is 0 Å². The molecule has 0 amide bonds. The molecule has 0 atom stereocenters. The summed E-state index contributed by atoms with van der Waals surface area (Å²) in [4.78, 5) is 21.3. The molecule has 8 heteroatoms. The lowest BCUT2D eigenvalue weighted by molar-refractivity contribution is -0.140. The Morgan fingerprint density at radius 3 is 1.40 bits per heavy atom. The molecule has 2 N–H and O–H groups in total. The standard InChI is InChI=1S/C34H30O8/c1-25-21-29(15-17-31(25)41-23-33(35)36)39-19-7-3-5-9-27-11-13-28(14-12-27)10-6-4-8-20-40-30-16-18-32(26(2)22-30)42-24-34(37)38/h3-4,7-8,11-18,21-22H,19-20,23-24H2,1-2H3,(H,35,36)(H,37,38)/b7-3+,8-4+. The molecule has 0 aliphatic rings. The van der Waals surface area contributed by atoms with Gasteiger partial charge in [-0.05, 0) is 110 Å². The number of carbonyl (C=O) groups is 2. The van der Waals surface area contributed by atoms with Crippen LogP contribution in [-0.2, 0) is 9.59 Å². The molecule has 0 radical (unpaired) electrons. The predicted octanol–water partition coefficient (Wildman–Crippen LogP) is 5.20. The van der Waals surface area contributed by atoms with Gasteiger partial charge in [0.25, 0.3) is 0 Å². The largest absolute Gasteiger partial charge is 0.489 e. The molecule has 0 heterocycles. The molecular formula is C34H30O8. The summed E-state index contributed by atoms with van der Waals surface area (Å²) in [5.74, 6) is 12.3. The number of ether oxygens (including phenoxy) is 4. The van der Waals surface area contributed by atoms with Gasteiger partial charge in [-0.1, -0.05) is 23.7 Å². The SMILES string of the molecule is Cc1cc(OC/C=C/C#Cc2ccc(C#C/C=C/COc3ccc(OCC(=O)O)c(C)c3)cc2)ccc1OCC(=O)O. The van der Waals surface area contributed by atoms with Crippen molar-refractivity contribution in [1.29, 1.82) is 0 Å². The highest BCUT2D eigenvalue weighted by atomic mass is 16.5. The third-order valence-electron chi connectivity index (χ3n) is 5.41. The molecule has 0 fully saturated rings. The first kappa shape index (κ1) is 30.9. The first-order valence-corrected chi connectivity index (χ1v) is 12.9. The molecule has 0 bridgehead atoms. The maximum Gasteiger partial charge on any atom is 0.341 e. The quantitative estimate of drug-likeness (QED) is 0.288. The first-order valence-electron chi connectivity index (χ1n) is 12.9. The summed E-state index contributed by atoms with van der Waals surface area (Å²) < 4.78 is 21.7. The van der Waals surface area contributed by atoms with E-state index in [0.717, 1.165) is 22.3 Å². The maximum absolute atomic E-state index is 10.6. The van der Waals surface area contributed by atoms with Crippen LogP contribution in [0.25, 0.3) is 0 Å². The van der Waals surface area contributed by atoms with Gasteiger partial charge in [-0.15, -0.1) is 0 Å². The van der Waals surface area contributed by atoms with Crippen molar-refractivity contribution in [2.45, 2.75) is 13.8 Å². The first-order chi connectivity index (χ1) is 20.3. The molecule has 3 rings (SSSR count). The van der Waals surface area contributed by atoms with Crippen molar-refractivity contribution in [3.63, 3.8) is 0 Å². The third kappa shape index (κ3) is 11.3. The van der Waals surface area contributed by atoms with Crippen LogP contribution >= 0.6 is 0 Å². The molecule has 42 heavy (non-hydrogen) atoms. The van der Waals surface area contributed by atoms with Gasteiger partial charge >= 0.3 is 11.9 Å². The Bertz CT molecular complexity index is 1440. The van der Waals surface area contributed by atoms with E-state index in [1.165, 1.54) is 0 Å². The van der Waals surface area contributed by atoms with Crippen LogP contribution in [-0.4, -0.2) is 48.6 Å². The van der Waals surface area contributed by atoms with Crippen LogP contribution in [0.4, 0.5) is 0 Å². The van der Waals surface area contributed by atoms with Gasteiger partial charge in [0.2, 0.25) is 0 Å². The fourth-order valence-corrected chi connectivity index (χ4v) is 3.42. The molecule has 214 valence electrons. The van der Waals surface area contributed by atoms with Crippen LogP contribution in [0.5, 0.6) is 23.0 Å². The summed E-state index contributed by atoms with van der Waals surface area (Å²) in [5.41, 5.74) is 3.30. The van der Waals surface area contributed by atoms with Gasteiger partial charge in [-0.2, -0.15) is 0 Å². The Labute approximate surface area is 244 Å². The van der Waals surface area contributed by atoms with Gasteiger partial charge in [0.15, 0.2) is 13.2 Å². The summed E-state index contributed by atoms with van der Waals surface area (Å²) >= 11 is 0. The Hall–Kier alpha value is -5.60. The lowest BCUT2D eigenvalue weighted by atomic mass is 10.1. The minimum Gasteiger partial charge on any atom is -0.489 e. The highest BCUT2D eigenvalue weighted by Crippen LogP contribution is 2.24. The van der Waals surface area contributed by atoms with E-state index in [1.807, 2.05) is 38.1 Å². The van der Waals surface area contributed by atoms with Crippen molar-refractivity contribution in [2.24, 2.45) is 0 Å². The predicted molar refractivity (Wildman–Crippen MR) is 158 cm³/mol. The number of aryl methyl sites for hydroxylation is 2. The van der Waals surface area contributed by atoms with Crippen molar-refractivity contribution < 1.29 is 38.7 Å². The van der Waals surface area contributed by atoms with E-state index in [0.29, 0.717) is 36.2 Å². The summed E-state index contributed by atoms with van der Waals surface area (Å²) in [6.45, 7) is 3.55. The second kappa shape index (κ2) is 16.5. The van der Waals surface area contributed by atoms with E-state index >= 15 is 0 Å². The lowest BCUT2D eigenvalue weighted by Gasteiger charge is -2.09. The zero-order valence-corrected chi connectivity index (χ0v) is 23.3. The number of aliphatic carboxylic acids is 2. The van der Waals surface area contributed by atoms with Crippen LogP contribution in [0.1, 0.15) is 22.3 Å². The normalized spacial score (nSPS) is 10.3. The monoisotopic (exact) mass is 566 g/mol. The Morgan fingerprint density at radius 1 is 0.643 bits per heavy atom. The van der Waals surface area contributed by atoms with E-state index in [9.17, 15) is 9.59 Å². The molecule has 0 unspecified atom stereocenters. The van der Waals surface area contributed by atoms with Crippen LogP contribution < -0.4 is 18.9 Å². The average molecular weight is 567 g/mol. The number of allylic oxidation sites excluding steroid dienone is 2. The smallest absolute Gasteiger partial charge is 0.341 e. The molecule has 8 nitrogen and oxygen atoms in total. The minimum atomic E-state index is -1.03. The Balaban J connectivity index is 1.38. The number of rotatable bonds is 12. The van der Waals surface area contributed by atoms with E-state index in [1.54, 1.807) is 60.7 Å². The Kier molecular flexibility index (Phi) is 12.1. The number of carboxylic acids is 2. The summed E-state index contributed by atoms with van der Waals surface area (Å²) in [5, 5.41) is 17.4. The van der Waals surface area contributed by atoms with Gasteiger partial charge in [0.1, 0.15) is 36.2 Å². The van der Waals surface area contributed by atoms with E-state index in [4.69, 9.17) is 29.2 Å². The van der Waals surface area contributed by atoms with Crippen LogP contribution in [0.15, 0.2) is 85.0 Å². The summed E-state index contributed by atoms with van der Waals surface area (Å²) in [7, 11) is 0. The number of hydrogen-bond acceptors (Lipinski definition) is 6. The fraction of sp³-hybridized carbons (Fsp3) is 0.176. The number of benzene rings is 3. The zero-order valence-electron chi connectivity index (χ0n) is 23.3. The van der Waals surface area contributed by atoms with Gasteiger partial charge in [0, 0.05) is 11.1 Å². The molecule has 0 spiro atoms. The maximum atomic E-state index is 10.6. The van der Waals surface area contributed by atoms with Gasteiger partial charge in [-0.3, -0.25) is 0 Å². The molecule has 0 saturated heterocycles.